The molecule has 1 fully saturated rings. The molecule has 3 heteroatoms. The SMILES string of the molecule is Cc1ncc(C(C)NCCC2CC2)s1. The van der Waals surface area contributed by atoms with Crippen molar-refractivity contribution in [1.82, 2.24) is 10.3 Å². The van der Waals surface area contributed by atoms with Crippen LogP contribution < -0.4 is 5.32 Å². The summed E-state index contributed by atoms with van der Waals surface area (Å²) in [4.78, 5) is 5.63. The molecule has 1 N–H and O–H groups in total. The molecule has 14 heavy (non-hydrogen) atoms. The summed E-state index contributed by atoms with van der Waals surface area (Å²) >= 11 is 1.80. The van der Waals surface area contributed by atoms with Gasteiger partial charge >= 0.3 is 0 Å². The van der Waals surface area contributed by atoms with Crippen molar-refractivity contribution in [3.8, 4) is 0 Å². The summed E-state index contributed by atoms with van der Waals surface area (Å²) in [6.45, 7) is 5.44. The van der Waals surface area contributed by atoms with Crippen molar-refractivity contribution in [1.29, 1.82) is 0 Å². The summed E-state index contributed by atoms with van der Waals surface area (Å²) in [5, 5.41) is 4.72. The fraction of sp³-hybridized carbons (Fsp3) is 0.727. The van der Waals surface area contributed by atoms with Crippen molar-refractivity contribution in [3.63, 3.8) is 0 Å². The maximum Gasteiger partial charge on any atom is 0.0897 e. The Morgan fingerprint density at radius 1 is 1.64 bits per heavy atom. The molecule has 2 rings (SSSR count). The summed E-state index contributed by atoms with van der Waals surface area (Å²) in [5.41, 5.74) is 0. The third-order valence-electron chi connectivity index (χ3n) is 2.77. The average Bonchev–Trinajstić information content (AvgIpc) is 2.87. The van der Waals surface area contributed by atoms with Crippen molar-refractivity contribution in [3.05, 3.63) is 16.1 Å². The van der Waals surface area contributed by atoms with Gasteiger partial charge in [-0.2, -0.15) is 0 Å². The van der Waals surface area contributed by atoms with Crippen LogP contribution >= 0.6 is 11.3 Å². The maximum atomic E-state index is 4.27. The van der Waals surface area contributed by atoms with Crippen LogP contribution in [0.15, 0.2) is 6.20 Å². The van der Waals surface area contributed by atoms with Crippen molar-refractivity contribution >= 4 is 11.3 Å². The first-order valence-electron chi connectivity index (χ1n) is 5.41. The number of hydrogen-bond acceptors (Lipinski definition) is 3. The van der Waals surface area contributed by atoms with E-state index in [1.807, 2.05) is 6.20 Å². The lowest BCUT2D eigenvalue weighted by Gasteiger charge is -2.10. The van der Waals surface area contributed by atoms with Gasteiger partial charge in [-0.05, 0) is 32.7 Å². The first-order chi connectivity index (χ1) is 6.75. The lowest BCUT2D eigenvalue weighted by molar-refractivity contribution is 0.545. The minimum atomic E-state index is 0.472. The highest BCUT2D eigenvalue weighted by molar-refractivity contribution is 7.11. The van der Waals surface area contributed by atoms with Gasteiger partial charge in [0.1, 0.15) is 0 Å². The fourth-order valence-corrected chi connectivity index (χ4v) is 2.40. The maximum absolute atomic E-state index is 4.27. The Bertz CT molecular complexity index is 291. The Morgan fingerprint density at radius 3 is 3.00 bits per heavy atom. The Kier molecular flexibility index (Phi) is 3.19. The fourth-order valence-electron chi connectivity index (χ4n) is 1.59. The molecule has 1 atom stereocenters. The van der Waals surface area contributed by atoms with Crippen LogP contribution in [0.3, 0.4) is 0 Å². The molecule has 78 valence electrons. The molecule has 1 heterocycles. The smallest absolute Gasteiger partial charge is 0.0897 e. The van der Waals surface area contributed by atoms with Crippen LogP contribution in [0.5, 0.6) is 0 Å². The lowest BCUT2D eigenvalue weighted by Crippen LogP contribution is -2.19. The average molecular weight is 210 g/mol. The number of hydrogen-bond donors (Lipinski definition) is 1. The third-order valence-corrected chi connectivity index (χ3v) is 3.86. The zero-order chi connectivity index (χ0) is 9.97. The standard InChI is InChI=1S/C11H18N2S/c1-8(11-7-13-9(2)14-11)12-6-5-10-3-4-10/h7-8,10,12H,3-6H2,1-2H3. The first kappa shape index (κ1) is 10.1. The molecule has 0 saturated heterocycles. The Hall–Kier alpha value is -0.410. The molecule has 2 nitrogen and oxygen atoms in total. The molecular weight excluding hydrogens is 192 g/mol. The molecule has 0 radical (unpaired) electrons. The van der Waals surface area contributed by atoms with E-state index in [2.05, 4.69) is 24.1 Å². The van der Waals surface area contributed by atoms with Crippen LogP contribution in [0.25, 0.3) is 0 Å². The van der Waals surface area contributed by atoms with Crippen LogP contribution in [0.2, 0.25) is 0 Å². The predicted octanol–water partition coefficient (Wildman–Crippen LogP) is 2.90. The summed E-state index contributed by atoms with van der Waals surface area (Å²) in [6, 6.07) is 0.472. The van der Waals surface area contributed by atoms with Gasteiger partial charge in [-0.1, -0.05) is 12.8 Å². The molecule has 0 amide bonds. The van der Waals surface area contributed by atoms with E-state index >= 15 is 0 Å². The number of rotatable bonds is 5. The van der Waals surface area contributed by atoms with E-state index in [-0.39, 0.29) is 0 Å². The van der Waals surface area contributed by atoms with E-state index in [1.54, 1.807) is 11.3 Å². The van der Waals surface area contributed by atoms with Crippen molar-refractivity contribution in [2.75, 3.05) is 6.54 Å². The van der Waals surface area contributed by atoms with Crippen LogP contribution in [0, 0.1) is 12.8 Å². The van der Waals surface area contributed by atoms with E-state index in [0.29, 0.717) is 6.04 Å². The van der Waals surface area contributed by atoms with Crippen molar-refractivity contribution < 1.29 is 0 Å². The summed E-state index contributed by atoms with van der Waals surface area (Å²) in [5.74, 6) is 1.03. The topological polar surface area (TPSA) is 24.9 Å². The Balaban J connectivity index is 1.73. The highest BCUT2D eigenvalue weighted by atomic mass is 32.1. The molecule has 1 saturated carbocycles. The van der Waals surface area contributed by atoms with Crippen LogP contribution in [-0.2, 0) is 0 Å². The van der Waals surface area contributed by atoms with Gasteiger partial charge in [-0.25, -0.2) is 4.98 Å². The highest BCUT2D eigenvalue weighted by Gasteiger charge is 2.20. The summed E-state index contributed by atoms with van der Waals surface area (Å²) in [6.07, 6.45) is 6.25. The number of nitrogens with zero attached hydrogens (tertiary/aromatic N) is 1. The Labute approximate surface area is 89.8 Å². The number of thiazole rings is 1. The van der Waals surface area contributed by atoms with Gasteiger partial charge in [-0.3, -0.25) is 0 Å². The molecule has 1 unspecified atom stereocenters. The normalized spacial score (nSPS) is 18.4. The van der Waals surface area contributed by atoms with Gasteiger partial charge in [0.25, 0.3) is 0 Å². The largest absolute Gasteiger partial charge is 0.309 e. The van der Waals surface area contributed by atoms with Crippen molar-refractivity contribution in [2.24, 2.45) is 5.92 Å². The molecule has 0 aliphatic heterocycles. The van der Waals surface area contributed by atoms with E-state index < -0.39 is 0 Å². The molecule has 1 aromatic rings. The monoisotopic (exact) mass is 210 g/mol. The second-order valence-corrected chi connectivity index (χ2v) is 5.46. The van der Waals surface area contributed by atoms with E-state index in [1.165, 1.54) is 24.1 Å². The van der Waals surface area contributed by atoms with Crippen LogP contribution in [-0.4, -0.2) is 11.5 Å². The van der Waals surface area contributed by atoms with E-state index in [9.17, 15) is 0 Å². The summed E-state index contributed by atoms with van der Waals surface area (Å²) < 4.78 is 0. The van der Waals surface area contributed by atoms with E-state index in [0.717, 1.165) is 17.5 Å². The first-order valence-corrected chi connectivity index (χ1v) is 6.23. The van der Waals surface area contributed by atoms with E-state index in [4.69, 9.17) is 0 Å². The van der Waals surface area contributed by atoms with Gasteiger partial charge in [0.15, 0.2) is 0 Å². The number of nitrogens with one attached hydrogen (secondary N) is 1. The molecular formula is C11H18N2S. The molecule has 0 bridgehead atoms. The second kappa shape index (κ2) is 4.41. The molecule has 0 spiro atoms. The predicted molar refractivity (Wildman–Crippen MR) is 60.6 cm³/mol. The van der Waals surface area contributed by atoms with Gasteiger partial charge in [0.05, 0.1) is 5.01 Å². The minimum Gasteiger partial charge on any atom is -0.309 e. The second-order valence-electron chi connectivity index (χ2n) is 4.19. The highest BCUT2D eigenvalue weighted by Crippen LogP contribution is 2.32. The van der Waals surface area contributed by atoms with Crippen molar-refractivity contribution in [2.45, 2.75) is 39.2 Å². The lowest BCUT2D eigenvalue weighted by atomic mass is 10.2. The van der Waals surface area contributed by atoms with Gasteiger partial charge in [0, 0.05) is 17.1 Å². The molecule has 1 aliphatic carbocycles. The quantitative estimate of drug-likeness (QED) is 0.808. The minimum absolute atomic E-state index is 0.472. The van der Waals surface area contributed by atoms with Gasteiger partial charge < -0.3 is 5.32 Å². The third kappa shape index (κ3) is 2.79. The zero-order valence-electron chi connectivity index (χ0n) is 8.92. The summed E-state index contributed by atoms with van der Waals surface area (Å²) in [7, 11) is 0. The molecule has 0 aromatic carbocycles. The van der Waals surface area contributed by atoms with Crippen LogP contribution in [0.4, 0.5) is 0 Å². The number of aryl methyl sites for hydroxylation is 1. The zero-order valence-corrected chi connectivity index (χ0v) is 9.73. The Morgan fingerprint density at radius 2 is 2.43 bits per heavy atom. The van der Waals surface area contributed by atoms with Gasteiger partial charge in [-0.15, -0.1) is 11.3 Å². The van der Waals surface area contributed by atoms with Gasteiger partial charge in [0.2, 0.25) is 0 Å². The number of aromatic nitrogens is 1. The molecule has 1 aliphatic rings. The van der Waals surface area contributed by atoms with Crippen LogP contribution in [0.1, 0.15) is 42.1 Å². The molecule has 1 aromatic heterocycles.